The number of Topliss-reactive ketones (excluding diaryl/α,β-unsaturated/α-hetero) is 1. The minimum Gasteiger partial charge on any atom is -0.497 e. The summed E-state index contributed by atoms with van der Waals surface area (Å²) < 4.78 is 16.9. The van der Waals surface area contributed by atoms with Gasteiger partial charge in [0.1, 0.15) is 17.2 Å². The van der Waals surface area contributed by atoms with Crippen molar-refractivity contribution in [3.8, 4) is 39.5 Å². The van der Waals surface area contributed by atoms with E-state index in [1.54, 1.807) is 14.2 Å². The molecular weight excluding hydrogens is 498 g/mol. The van der Waals surface area contributed by atoms with Gasteiger partial charge in [0.25, 0.3) is 0 Å². The molecule has 5 heteroatoms. The third-order valence-corrected chi connectivity index (χ3v) is 7.56. The summed E-state index contributed by atoms with van der Waals surface area (Å²) in [6, 6.07) is 30.4. The first-order valence-electron chi connectivity index (χ1n) is 14.0. The van der Waals surface area contributed by atoms with E-state index in [0.717, 1.165) is 58.9 Å². The molecule has 5 rings (SSSR count). The predicted octanol–water partition coefficient (Wildman–Crippen LogP) is 7.37. The quantitative estimate of drug-likeness (QED) is 0.203. The molecule has 1 aliphatic heterocycles. The lowest BCUT2D eigenvalue weighted by Crippen LogP contribution is -2.35. The van der Waals surface area contributed by atoms with E-state index in [0.29, 0.717) is 23.8 Å². The number of ketones is 1. The molecule has 1 aliphatic rings. The minimum absolute atomic E-state index is 0.0597. The van der Waals surface area contributed by atoms with Crippen molar-refractivity contribution in [2.45, 2.75) is 38.1 Å². The van der Waals surface area contributed by atoms with Gasteiger partial charge >= 0.3 is 0 Å². The molecule has 40 heavy (non-hydrogen) atoms. The average Bonchev–Trinajstić information content (AvgIpc) is 3.02. The van der Waals surface area contributed by atoms with Gasteiger partial charge in [-0.3, -0.25) is 4.79 Å². The molecule has 1 atom stereocenters. The molecule has 0 amide bonds. The van der Waals surface area contributed by atoms with Crippen molar-refractivity contribution in [2.24, 2.45) is 0 Å². The second kappa shape index (κ2) is 13.3. The molecule has 1 heterocycles. The first kappa shape index (κ1) is 27.5. The summed E-state index contributed by atoms with van der Waals surface area (Å²) in [7, 11) is 3.28. The fourth-order valence-corrected chi connectivity index (χ4v) is 5.23. The molecule has 5 nitrogen and oxygen atoms in total. The standard InChI is InChI=1S/C35H37NO4/c1-38-32-8-5-6-28(23-32)33-24-29(15-18-35(33)39-2)34(37)22-25-9-11-26(12-10-25)27-13-16-31(17-14-27)40-21-19-30-7-3-4-20-36-30/h5-6,8-18,23-24,30,36H,3-4,7,19-22H2,1-2H3. The van der Waals surface area contributed by atoms with E-state index in [1.165, 1.54) is 19.3 Å². The predicted molar refractivity (Wildman–Crippen MR) is 161 cm³/mol. The molecule has 0 aliphatic carbocycles. The number of ether oxygens (including phenoxy) is 3. The summed E-state index contributed by atoms with van der Waals surface area (Å²) in [5.41, 5.74) is 5.66. The molecular formula is C35H37NO4. The summed E-state index contributed by atoms with van der Waals surface area (Å²) in [6.45, 7) is 1.86. The van der Waals surface area contributed by atoms with Crippen LogP contribution in [0.25, 0.3) is 22.3 Å². The van der Waals surface area contributed by atoms with Gasteiger partial charge < -0.3 is 19.5 Å². The molecule has 0 saturated carbocycles. The number of rotatable bonds is 11. The molecule has 0 aromatic heterocycles. The maximum atomic E-state index is 13.2. The number of nitrogens with one attached hydrogen (secondary N) is 1. The van der Waals surface area contributed by atoms with Gasteiger partial charge in [0.05, 0.1) is 20.8 Å². The van der Waals surface area contributed by atoms with Crippen LogP contribution in [0.15, 0.2) is 91.0 Å². The Labute approximate surface area is 237 Å². The Bertz CT molecular complexity index is 1410. The van der Waals surface area contributed by atoms with Crippen molar-refractivity contribution in [2.75, 3.05) is 27.4 Å². The van der Waals surface area contributed by atoms with Crippen LogP contribution >= 0.6 is 0 Å². The van der Waals surface area contributed by atoms with Crippen LogP contribution < -0.4 is 19.5 Å². The molecule has 1 fully saturated rings. The van der Waals surface area contributed by atoms with Gasteiger partial charge in [-0.15, -0.1) is 0 Å². The number of methoxy groups -OCH3 is 2. The lowest BCUT2D eigenvalue weighted by Gasteiger charge is -2.23. The lowest BCUT2D eigenvalue weighted by atomic mass is 9.96. The number of carbonyl (C=O) groups is 1. The van der Waals surface area contributed by atoms with Crippen molar-refractivity contribution in [1.29, 1.82) is 0 Å². The summed E-state index contributed by atoms with van der Waals surface area (Å²) >= 11 is 0. The monoisotopic (exact) mass is 535 g/mol. The highest BCUT2D eigenvalue weighted by Crippen LogP contribution is 2.33. The van der Waals surface area contributed by atoms with E-state index in [2.05, 4.69) is 29.6 Å². The summed E-state index contributed by atoms with van der Waals surface area (Å²) in [4.78, 5) is 13.2. The van der Waals surface area contributed by atoms with Crippen LogP contribution in [0, 0.1) is 0 Å². The number of benzene rings is 4. The second-order valence-electron chi connectivity index (χ2n) is 10.3. The first-order valence-corrected chi connectivity index (χ1v) is 14.0. The van der Waals surface area contributed by atoms with Crippen molar-refractivity contribution in [3.05, 3.63) is 102 Å². The second-order valence-corrected chi connectivity index (χ2v) is 10.3. The van der Waals surface area contributed by atoms with Crippen molar-refractivity contribution < 1.29 is 19.0 Å². The average molecular weight is 536 g/mol. The van der Waals surface area contributed by atoms with Gasteiger partial charge in [0.2, 0.25) is 0 Å². The van der Waals surface area contributed by atoms with Crippen LogP contribution in [-0.2, 0) is 6.42 Å². The highest BCUT2D eigenvalue weighted by atomic mass is 16.5. The maximum absolute atomic E-state index is 13.2. The normalized spacial score (nSPS) is 14.9. The zero-order valence-corrected chi connectivity index (χ0v) is 23.3. The van der Waals surface area contributed by atoms with Crippen LogP contribution in [0.3, 0.4) is 0 Å². The Hall–Kier alpha value is -4.09. The fourth-order valence-electron chi connectivity index (χ4n) is 5.23. The van der Waals surface area contributed by atoms with Gasteiger partial charge in [-0.25, -0.2) is 0 Å². The maximum Gasteiger partial charge on any atom is 0.167 e. The zero-order chi connectivity index (χ0) is 27.7. The zero-order valence-electron chi connectivity index (χ0n) is 23.3. The summed E-state index contributed by atoms with van der Waals surface area (Å²) in [6.07, 6.45) is 5.21. The molecule has 206 valence electrons. The van der Waals surface area contributed by atoms with Gasteiger partial charge in [0, 0.05) is 23.6 Å². The number of hydrogen-bond acceptors (Lipinski definition) is 5. The van der Waals surface area contributed by atoms with E-state index in [1.807, 2.05) is 66.7 Å². The largest absolute Gasteiger partial charge is 0.497 e. The summed E-state index contributed by atoms with van der Waals surface area (Å²) in [5.74, 6) is 2.43. The number of piperidine rings is 1. The highest BCUT2D eigenvalue weighted by molar-refractivity contribution is 5.99. The molecule has 1 N–H and O–H groups in total. The molecule has 0 radical (unpaired) electrons. The van der Waals surface area contributed by atoms with Crippen LogP contribution in [0.5, 0.6) is 17.2 Å². The summed E-state index contributed by atoms with van der Waals surface area (Å²) in [5, 5.41) is 3.57. The number of hydrogen-bond donors (Lipinski definition) is 1. The number of carbonyl (C=O) groups excluding carboxylic acids is 1. The third-order valence-electron chi connectivity index (χ3n) is 7.56. The van der Waals surface area contributed by atoms with Gasteiger partial charge in [0.15, 0.2) is 5.78 Å². The molecule has 1 unspecified atom stereocenters. The van der Waals surface area contributed by atoms with E-state index in [4.69, 9.17) is 14.2 Å². The van der Waals surface area contributed by atoms with E-state index in [-0.39, 0.29) is 5.78 Å². The third kappa shape index (κ3) is 6.91. The van der Waals surface area contributed by atoms with Gasteiger partial charge in [-0.2, -0.15) is 0 Å². The fraction of sp³-hybridized carbons (Fsp3) is 0.286. The van der Waals surface area contributed by atoms with Crippen LogP contribution in [0.4, 0.5) is 0 Å². The Morgan fingerprint density at radius 1 is 0.800 bits per heavy atom. The molecule has 0 spiro atoms. The Balaban J connectivity index is 1.20. The highest BCUT2D eigenvalue weighted by Gasteiger charge is 2.14. The van der Waals surface area contributed by atoms with Crippen LogP contribution in [0.1, 0.15) is 41.6 Å². The van der Waals surface area contributed by atoms with Gasteiger partial charge in [-0.1, -0.05) is 55.0 Å². The smallest absolute Gasteiger partial charge is 0.167 e. The van der Waals surface area contributed by atoms with Crippen LogP contribution in [0.2, 0.25) is 0 Å². The lowest BCUT2D eigenvalue weighted by molar-refractivity contribution is 0.0993. The van der Waals surface area contributed by atoms with Crippen molar-refractivity contribution >= 4 is 5.78 Å². The van der Waals surface area contributed by atoms with E-state index < -0.39 is 0 Å². The van der Waals surface area contributed by atoms with Crippen molar-refractivity contribution in [1.82, 2.24) is 5.32 Å². The van der Waals surface area contributed by atoms with Crippen molar-refractivity contribution in [3.63, 3.8) is 0 Å². The Kier molecular flexibility index (Phi) is 9.15. The van der Waals surface area contributed by atoms with E-state index in [9.17, 15) is 4.79 Å². The molecule has 4 aromatic rings. The topological polar surface area (TPSA) is 56.8 Å². The Morgan fingerprint density at radius 2 is 1.57 bits per heavy atom. The minimum atomic E-state index is 0.0597. The van der Waals surface area contributed by atoms with E-state index >= 15 is 0 Å². The van der Waals surface area contributed by atoms with Crippen LogP contribution in [-0.4, -0.2) is 39.2 Å². The first-order chi connectivity index (χ1) is 19.6. The SMILES string of the molecule is COc1cccc(-c2cc(C(=O)Cc3ccc(-c4ccc(OCCC5CCCCN5)cc4)cc3)ccc2OC)c1. The Morgan fingerprint density at radius 3 is 2.27 bits per heavy atom. The molecule has 4 aromatic carbocycles. The van der Waals surface area contributed by atoms with Gasteiger partial charge in [-0.05, 0) is 90.5 Å². The molecule has 1 saturated heterocycles. The molecule has 0 bridgehead atoms.